The molecule has 112 valence electrons. The van der Waals surface area contributed by atoms with Gasteiger partial charge in [0.25, 0.3) is 0 Å². The fraction of sp³-hybridized carbons (Fsp3) is 0.923. The molecule has 1 amide bonds. The monoisotopic (exact) mass is 273 g/mol. The molecule has 1 aliphatic heterocycles. The van der Waals surface area contributed by atoms with Crippen LogP contribution in [0.1, 0.15) is 34.1 Å². The van der Waals surface area contributed by atoms with Gasteiger partial charge in [0.05, 0.1) is 6.61 Å². The fourth-order valence-electron chi connectivity index (χ4n) is 2.17. The number of hydrogen-bond acceptors (Lipinski definition) is 5. The number of carbonyl (C=O) groups is 1. The lowest BCUT2D eigenvalue weighted by Crippen LogP contribution is -2.45. The number of nitrogens with one attached hydrogen (secondary N) is 1. The Labute approximate surface area is 115 Å². The van der Waals surface area contributed by atoms with E-state index >= 15 is 0 Å². The number of ether oxygens (including phenoxy) is 2. The topological polar surface area (TPSA) is 76.8 Å². The second kappa shape index (κ2) is 7.07. The van der Waals surface area contributed by atoms with Crippen LogP contribution in [0.5, 0.6) is 0 Å². The Morgan fingerprint density at radius 3 is 2.74 bits per heavy atom. The van der Waals surface area contributed by atoms with Crippen LogP contribution in [0, 0.1) is 5.92 Å². The van der Waals surface area contributed by atoms with Crippen molar-refractivity contribution >= 4 is 6.09 Å². The lowest BCUT2D eigenvalue weighted by molar-refractivity contribution is 0.0278. The van der Waals surface area contributed by atoms with Crippen LogP contribution >= 0.6 is 0 Å². The Hall–Kier alpha value is -0.850. The first-order valence-electron chi connectivity index (χ1n) is 6.89. The molecule has 2 unspecified atom stereocenters. The molecule has 0 bridgehead atoms. The molecule has 1 rings (SSSR count). The number of nitrogens with two attached hydrogens (primary N) is 1. The average molecular weight is 273 g/mol. The zero-order chi connectivity index (χ0) is 14.5. The molecule has 0 radical (unpaired) electrons. The van der Waals surface area contributed by atoms with Crippen molar-refractivity contribution in [2.24, 2.45) is 11.8 Å². The van der Waals surface area contributed by atoms with Crippen LogP contribution in [-0.4, -0.2) is 48.9 Å². The van der Waals surface area contributed by atoms with Gasteiger partial charge in [-0.3, -0.25) is 11.3 Å². The summed E-state index contributed by atoms with van der Waals surface area (Å²) in [6, 6.07) is 0.0763. The number of carbonyl (C=O) groups excluding carboxylic acids is 1. The van der Waals surface area contributed by atoms with E-state index < -0.39 is 5.60 Å². The molecule has 0 spiro atoms. The van der Waals surface area contributed by atoms with Crippen LogP contribution in [0.15, 0.2) is 0 Å². The number of hydrazine groups is 1. The van der Waals surface area contributed by atoms with Crippen molar-refractivity contribution in [3.63, 3.8) is 0 Å². The predicted octanol–water partition coefficient (Wildman–Crippen LogP) is 1.11. The molecule has 1 heterocycles. The quantitative estimate of drug-likeness (QED) is 0.579. The van der Waals surface area contributed by atoms with Crippen molar-refractivity contribution in [2.75, 3.05) is 26.3 Å². The molecule has 0 aromatic rings. The summed E-state index contributed by atoms with van der Waals surface area (Å²) in [5.74, 6) is 5.86. The second-order valence-corrected chi connectivity index (χ2v) is 5.91. The minimum atomic E-state index is -0.452. The van der Waals surface area contributed by atoms with E-state index in [-0.39, 0.29) is 12.1 Å². The summed E-state index contributed by atoms with van der Waals surface area (Å²) in [4.78, 5) is 13.7. The molecular weight excluding hydrogens is 246 g/mol. The van der Waals surface area contributed by atoms with Crippen LogP contribution in [0.2, 0.25) is 0 Å². The maximum atomic E-state index is 12.0. The molecule has 6 heteroatoms. The lowest BCUT2D eigenvalue weighted by Gasteiger charge is -2.26. The molecule has 1 fully saturated rings. The van der Waals surface area contributed by atoms with Gasteiger partial charge in [-0.15, -0.1) is 0 Å². The maximum absolute atomic E-state index is 12.0. The highest BCUT2D eigenvalue weighted by Crippen LogP contribution is 2.22. The molecule has 2 atom stereocenters. The smallest absolute Gasteiger partial charge is 0.410 e. The van der Waals surface area contributed by atoms with Crippen LogP contribution in [-0.2, 0) is 9.47 Å². The first-order chi connectivity index (χ1) is 8.87. The van der Waals surface area contributed by atoms with Crippen LogP contribution in [0.4, 0.5) is 4.79 Å². The zero-order valence-electron chi connectivity index (χ0n) is 12.4. The van der Waals surface area contributed by atoms with Gasteiger partial charge in [-0.1, -0.05) is 0 Å². The van der Waals surface area contributed by atoms with Gasteiger partial charge in [0.15, 0.2) is 0 Å². The molecule has 6 nitrogen and oxygen atoms in total. The van der Waals surface area contributed by atoms with E-state index in [1.54, 1.807) is 4.90 Å². The van der Waals surface area contributed by atoms with Crippen molar-refractivity contribution in [1.82, 2.24) is 10.3 Å². The summed E-state index contributed by atoms with van der Waals surface area (Å²) in [6.07, 6.45) is 0.670. The van der Waals surface area contributed by atoms with E-state index in [0.717, 1.165) is 6.42 Å². The van der Waals surface area contributed by atoms with Crippen LogP contribution in [0.25, 0.3) is 0 Å². The highest BCUT2D eigenvalue weighted by molar-refractivity contribution is 5.68. The maximum Gasteiger partial charge on any atom is 0.410 e. The Bertz CT molecular complexity index is 291. The third kappa shape index (κ3) is 5.34. The lowest BCUT2D eigenvalue weighted by atomic mass is 10.0. The van der Waals surface area contributed by atoms with Gasteiger partial charge in [-0.05, 0) is 40.0 Å². The van der Waals surface area contributed by atoms with Crippen molar-refractivity contribution in [2.45, 2.75) is 45.8 Å². The predicted molar refractivity (Wildman–Crippen MR) is 73.5 cm³/mol. The zero-order valence-corrected chi connectivity index (χ0v) is 12.4. The normalized spacial score (nSPS) is 21.5. The summed E-state index contributed by atoms with van der Waals surface area (Å²) in [7, 11) is 0. The van der Waals surface area contributed by atoms with Gasteiger partial charge in [0.2, 0.25) is 0 Å². The van der Waals surface area contributed by atoms with E-state index in [0.29, 0.717) is 32.2 Å². The van der Waals surface area contributed by atoms with Crippen molar-refractivity contribution in [1.29, 1.82) is 0 Å². The number of rotatable bonds is 5. The molecule has 3 N–H and O–H groups in total. The standard InChI is InChI=1S/C13H27N3O3/c1-5-18-9-11(15-14)10-6-7-16(8-10)12(17)19-13(2,3)4/h10-11,15H,5-9,14H2,1-4H3. The first kappa shape index (κ1) is 16.2. The largest absolute Gasteiger partial charge is 0.444 e. The van der Waals surface area contributed by atoms with Crippen molar-refractivity contribution in [3.8, 4) is 0 Å². The molecular formula is C13H27N3O3. The molecule has 0 aromatic heterocycles. The van der Waals surface area contributed by atoms with Crippen molar-refractivity contribution in [3.05, 3.63) is 0 Å². The highest BCUT2D eigenvalue weighted by Gasteiger charge is 2.33. The van der Waals surface area contributed by atoms with Crippen LogP contribution < -0.4 is 11.3 Å². The second-order valence-electron chi connectivity index (χ2n) is 5.91. The SMILES string of the molecule is CCOCC(NN)C1CCN(C(=O)OC(C)(C)C)C1. The van der Waals surface area contributed by atoms with E-state index in [1.807, 2.05) is 27.7 Å². The Balaban J connectivity index is 2.45. The minimum absolute atomic E-state index is 0.0763. The molecule has 1 saturated heterocycles. The van der Waals surface area contributed by atoms with Crippen molar-refractivity contribution < 1.29 is 14.3 Å². The number of amides is 1. The van der Waals surface area contributed by atoms with Gasteiger partial charge in [-0.25, -0.2) is 4.79 Å². The summed E-state index contributed by atoms with van der Waals surface area (Å²) >= 11 is 0. The summed E-state index contributed by atoms with van der Waals surface area (Å²) in [6.45, 7) is 10.2. The van der Waals surface area contributed by atoms with E-state index in [2.05, 4.69) is 5.43 Å². The van der Waals surface area contributed by atoms with Gasteiger partial charge in [-0.2, -0.15) is 0 Å². The van der Waals surface area contributed by atoms with Gasteiger partial charge < -0.3 is 14.4 Å². The minimum Gasteiger partial charge on any atom is -0.444 e. The Morgan fingerprint density at radius 2 is 2.21 bits per heavy atom. The molecule has 1 aliphatic rings. The summed E-state index contributed by atoms with van der Waals surface area (Å²) in [5, 5.41) is 0. The molecule has 19 heavy (non-hydrogen) atoms. The number of hydrogen-bond donors (Lipinski definition) is 2. The third-order valence-corrected chi connectivity index (χ3v) is 3.16. The van der Waals surface area contributed by atoms with Gasteiger partial charge in [0, 0.05) is 25.7 Å². The number of nitrogens with zero attached hydrogens (tertiary/aromatic N) is 1. The number of likely N-dealkylation sites (tertiary alicyclic amines) is 1. The Morgan fingerprint density at radius 1 is 1.53 bits per heavy atom. The van der Waals surface area contributed by atoms with Crippen LogP contribution in [0.3, 0.4) is 0 Å². The molecule has 0 aromatic carbocycles. The van der Waals surface area contributed by atoms with Gasteiger partial charge in [0.1, 0.15) is 5.60 Å². The van der Waals surface area contributed by atoms with E-state index in [1.165, 1.54) is 0 Å². The first-order valence-corrected chi connectivity index (χ1v) is 6.89. The Kier molecular flexibility index (Phi) is 6.03. The van der Waals surface area contributed by atoms with E-state index in [4.69, 9.17) is 15.3 Å². The summed E-state index contributed by atoms with van der Waals surface area (Å²) < 4.78 is 10.8. The van der Waals surface area contributed by atoms with E-state index in [9.17, 15) is 4.79 Å². The highest BCUT2D eigenvalue weighted by atomic mass is 16.6. The third-order valence-electron chi connectivity index (χ3n) is 3.16. The molecule has 0 aliphatic carbocycles. The average Bonchev–Trinajstić information content (AvgIpc) is 2.77. The summed E-state index contributed by atoms with van der Waals surface area (Å²) in [5.41, 5.74) is 2.33. The molecule has 0 saturated carbocycles. The fourth-order valence-corrected chi connectivity index (χ4v) is 2.17. The van der Waals surface area contributed by atoms with Gasteiger partial charge >= 0.3 is 6.09 Å².